The number of nitrogens with zero attached hydrogens (tertiary/aromatic N) is 2. The van der Waals surface area contributed by atoms with E-state index in [4.69, 9.17) is 4.42 Å². The highest BCUT2D eigenvalue weighted by atomic mass is 32.2. The molecule has 0 unspecified atom stereocenters. The molecule has 0 aliphatic rings. The zero-order chi connectivity index (χ0) is 17.0. The molecule has 0 atom stereocenters. The van der Waals surface area contributed by atoms with Gasteiger partial charge in [-0.2, -0.15) is 13.2 Å². The van der Waals surface area contributed by atoms with Gasteiger partial charge in [-0.3, -0.25) is 4.79 Å². The number of benzene rings is 1. The van der Waals surface area contributed by atoms with Gasteiger partial charge in [0, 0.05) is 11.6 Å². The molecule has 0 bridgehead atoms. The van der Waals surface area contributed by atoms with Crippen molar-refractivity contribution in [2.75, 3.05) is 11.1 Å². The topological polar surface area (TPSA) is 68.0 Å². The van der Waals surface area contributed by atoms with Crippen molar-refractivity contribution in [2.45, 2.75) is 31.2 Å². The molecule has 0 aliphatic heterocycles. The minimum absolute atomic E-state index is 0.0457. The molecule has 0 aliphatic carbocycles. The Labute approximate surface area is 134 Å². The lowest BCUT2D eigenvalue weighted by molar-refractivity contribution is -0.137. The second-order valence-electron chi connectivity index (χ2n) is 4.98. The quantitative estimate of drug-likeness (QED) is 0.831. The van der Waals surface area contributed by atoms with E-state index >= 15 is 0 Å². The first-order valence-electron chi connectivity index (χ1n) is 6.69. The van der Waals surface area contributed by atoms with Gasteiger partial charge >= 0.3 is 6.18 Å². The highest BCUT2D eigenvalue weighted by molar-refractivity contribution is 7.99. The zero-order valence-corrected chi connectivity index (χ0v) is 13.2. The SMILES string of the molecule is CC(C)c1nnc(SCC(=O)Nc2cccc(C(F)(F)F)c2)o1. The number of carbonyl (C=O) groups excluding carboxylic acids is 1. The molecule has 0 saturated carbocycles. The van der Waals surface area contributed by atoms with Crippen LogP contribution in [0.25, 0.3) is 0 Å². The van der Waals surface area contributed by atoms with Crippen molar-refractivity contribution in [2.24, 2.45) is 0 Å². The Balaban J connectivity index is 1.92. The van der Waals surface area contributed by atoms with Crippen molar-refractivity contribution in [1.82, 2.24) is 10.2 Å². The van der Waals surface area contributed by atoms with Crippen LogP contribution in [0.3, 0.4) is 0 Å². The average Bonchev–Trinajstić information content (AvgIpc) is 2.94. The normalized spacial score (nSPS) is 11.7. The summed E-state index contributed by atoms with van der Waals surface area (Å²) in [5.74, 6) is 0.0379. The molecule has 0 radical (unpaired) electrons. The standard InChI is InChI=1S/C14H14F3N3O2S/c1-8(2)12-19-20-13(22-12)23-7-11(21)18-10-5-3-4-9(6-10)14(15,16)17/h3-6,8H,7H2,1-2H3,(H,18,21). The molecule has 2 rings (SSSR count). The first-order chi connectivity index (χ1) is 10.8. The summed E-state index contributed by atoms with van der Waals surface area (Å²) in [4.78, 5) is 11.8. The van der Waals surface area contributed by atoms with E-state index in [9.17, 15) is 18.0 Å². The molecule has 23 heavy (non-hydrogen) atoms. The number of hydrogen-bond donors (Lipinski definition) is 1. The van der Waals surface area contributed by atoms with Gasteiger partial charge in [-0.25, -0.2) is 0 Å². The largest absolute Gasteiger partial charge is 0.416 e. The summed E-state index contributed by atoms with van der Waals surface area (Å²) in [7, 11) is 0. The Kier molecular flexibility index (Phi) is 5.30. The molecular formula is C14H14F3N3O2S. The van der Waals surface area contributed by atoms with Crippen LogP contribution in [-0.4, -0.2) is 21.9 Å². The van der Waals surface area contributed by atoms with E-state index < -0.39 is 17.6 Å². The molecule has 5 nitrogen and oxygen atoms in total. The van der Waals surface area contributed by atoms with E-state index in [0.717, 1.165) is 23.9 Å². The minimum atomic E-state index is -4.45. The molecule has 124 valence electrons. The lowest BCUT2D eigenvalue weighted by Crippen LogP contribution is -2.15. The van der Waals surface area contributed by atoms with E-state index in [2.05, 4.69) is 15.5 Å². The number of carbonyl (C=O) groups is 1. The van der Waals surface area contributed by atoms with Gasteiger partial charge in [0.25, 0.3) is 5.22 Å². The first-order valence-corrected chi connectivity index (χ1v) is 7.67. The van der Waals surface area contributed by atoms with Crippen molar-refractivity contribution in [3.05, 3.63) is 35.7 Å². The van der Waals surface area contributed by atoms with Gasteiger partial charge in [0.1, 0.15) is 0 Å². The van der Waals surface area contributed by atoms with Crippen LogP contribution >= 0.6 is 11.8 Å². The lowest BCUT2D eigenvalue weighted by Gasteiger charge is -2.09. The van der Waals surface area contributed by atoms with Crippen LogP contribution < -0.4 is 5.32 Å². The molecule has 2 aromatic rings. The fraction of sp³-hybridized carbons (Fsp3) is 0.357. The molecule has 0 saturated heterocycles. The summed E-state index contributed by atoms with van der Waals surface area (Å²) >= 11 is 1.02. The highest BCUT2D eigenvalue weighted by Crippen LogP contribution is 2.30. The third kappa shape index (κ3) is 4.98. The average molecular weight is 345 g/mol. The molecule has 0 spiro atoms. The van der Waals surface area contributed by atoms with E-state index in [1.54, 1.807) is 0 Å². The maximum atomic E-state index is 12.6. The van der Waals surface area contributed by atoms with Gasteiger partial charge in [0.2, 0.25) is 11.8 Å². The van der Waals surface area contributed by atoms with Crippen LogP contribution in [-0.2, 0) is 11.0 Å². The smallest absolute Gasteiger partial charge is 0.416 e. The third-order valence-corrected chi connectivity index (χ3v) is 3.53. The summed E-state index contributed by atoms with van der Waals surface area (Å²) < 4.78 is 43.1. The van der Waals surface area contributed by atoms with Crippen molar-refractivity contribution < 1.29 is 22.4 Å². The summed E-state index contributed by atoms with van der Waals surface area (Å²) in [5.41, 5.74) is -0.736. The highest BCUT2D eigenvalue weighted by Gasteiger charge is 2.30. The number of thioether (sulfide) groups is 1. The monoisotopic (exact) mass is 345 g/mol. The fourth-order valence-corrected chi connectivity index (χ4v) is 2.18. The Morgan fingerprint density at radius 1 is 1.35 bits per heavy atom. The second kappa shape index (κ2) is 7.03. The number of amides is 1. The Morgan fingerprint density at radius 2 is 2.09 bits per heavy atom. The van der Waals surface area contributed by atoms with Crippen LogP contribution in [0, 0.1) is 0 Å². The van der Waals surface area contributed by atoms with Gasteiger partial charge in [-0.1, -0.05) is 31.7 Å². The van der Waals surface area contributed by atoms with E-state index in [1.165, 1.54) is 12.1 Å². The van der Waals surface area contributed by atoms with E-state index in [1.807, 2.05) is 13.8 Å². The van der Waals surface area contributed by atoms with Crippen LogP contribution in [0.2, 0.25) is 0 Å². The number of anilines is 1. The molecule has 1 amide bonds. The third-order valence-electron chi connectivity index (χ3n) is 2.72. The van der Waals surface area contributed by atoms with Crippen LogP contribution in [0.15, 0.2) is 33.9 Å². The van der Waals surface area contributed by atoms with Crippen LogP contribution in [0.1, 0.15) is 31.2 Å². The van der Waals surface area contributed by atoms with Crippen molar-refractivity contribution in [3.8, 4) is 0 Å². The Hall–Kier alpha value is -2.03. The predicted molar refractivity (Wildman–Crippen MR) is 79.2 cm³/mol. The maximum Gasteiger partial charge on any atom is 0.416 e. The summed E-state index contributed by atoms with van der Waals surface area (Å²) in [5, 5.41) is 10.3. The van der Waals surface area contributed by atoms with Gasteiger partial charge in [-0.15, -0.1) is 10.2 Å². The van der Waals surface area contributed by atoms with E-state index in [0.29, 0.717) is 5.89 Å². The number of aromatic nitrogens is 2. The van der Waals surface area contributed by atoms with Crippen molar-refractivity contribution >= 4 is 23.4 Å². The van der Waals surface area contributed by atoms with Crippen LogP contribution in [0.5, 0.6) is 0 Å². The fourth-order valence-electron chi connectivity index (χ4n) is 1.61. The van der Waals surface area contributed by atoms with Gasteiger partial charge in [0.15, 0.2) is 0 Å². The Morgan fingerprint density at radius 3 is 2.70 bits per heavy atom. The predicted octanol–water partition coefficient (Wildman–Crippen LogP) is 3.94. The lowest BCUT2D eigenvalue weighted by atomic mass is 10.2. The first kappa shape index (κ1) is 17.3. The molecular weight excluding hydrogens is 331 g/mol. The summed E-state index contributed by atoms with van der Waals surface area (Å²) in [6.45, 7) is 3.78. The molecule has 0 fully saturated rings. The van der Waals surface area contributed by atoms with Crippen molar-refractivity contribution in [3.63, 3.8) is 0 Å². The van der Waals surface area contributed by atoms with Gasteiger partial charge < -0.3 is 9.73 Å². The maximum absolute atomic E-state index is 12.6. The zero-order valence-electron chi connectivity index (χ0n) is 12.3. The van der Waals surface area contributed by atoms with E-state index in [-0.39, 0.29) is 22.6 Å². The molecule has 1 aromatic heterocycles. The Bertz CT molecular complexity index is 686. The minimum Gasteiger partial charge on any atom is -0.416 e. The van der Waals surface area contributed by atoms with Gasteiger partial charge in [-0.05, 0) is 18.2 Å². The molecule has 1 aromatic carbocycles. The number of rotatable bonds is 5. The number of halogens is 3. The molecule has 9 heteroatoms. The summed E-state index contributed by atoms with van der Waals surface area (Å²) in [6, 6.07) is 4.45. The second-order valence-corrected chi connectivity index (χ2v) is 5.90. The number of hydrogen-bond acceptors (Lipinski definition) is 5. The molecule has 1 heterocycles. The molecule has 1 N–H and O–H groups in total. The number of alkyl halides is 3. The van der Waals surface area contributed by atoms with Gasteiger partial charge in [0.05, 0.1) is 11.3 Å². The summed E-state index contributed by atoms with van der Waals surface area (Å²) in [6.07, 6.45) is -4.45. The van der Waals surface area contributed by atoms with Crippen LogP contribution in [0.4, 0.5) is 18.9 Å². The van der Waals surface area contributed by atoms with Crippen molar-refractivity contribution in [1.29, 1.82) is 0 Å². The number of nitrogens with one attached hydrogen (secondary N) is 1.